The molecule has 2 heterocycles. The van der Waals surface area contributed by atoms with E-state index in [0.29, 0.717) is 18.0 Å². The molecular weight excluding hydrogens is 388 g/mol. The minimum absolute atomic E-state index is 0.0841. The van der Waals surface area contributed by atoms with Gasteiger partial charge in [-0.05, 0) is 24.1 Å². The fourth-order valence-electron chi connectivity index (χ4n) is 3.18. The third kappa shape index (κ3) is 3.96. The highest BCUT2D eigenvalue weighted by Crippen LogP contribution is 2.27. The van der Waals surface area contributed by atoms with Crippen LogP contribution in [0.25, 0.3) is 17.0 Å². The second-order valence-electron chi connectivity index (χ2n) is 6.59. The van der Waals surface area contributed by atoms with Gasteiger partial charge in [0.05, 0.1) is 16.6 Å². The van der Waals surface area contributed by atoms with E-state index in [9.17, 15) is 8.42 Å². The molecule has 4 rings (SSSR count). The first-order valence-electron chi connectivity index (χ1n) is 9.11. The third-order valence-corrected chi connectivity index (χ3v) is 5.55. The van der Waals surface area contributed by atoms with Crippen molar-refractivity contribution in [1.82, 2.24) is 19.6 Å². The van der Waals surface area contributed by atoms with Gasteiger partial charge >= 0.3 is 0 Å². The van der Waals surface area contributed by atoms with Crippen LogP contribution >= 0.6 is 0 Å². The summed E-state index contributed by atoms with van der Waals surface area (Å²) >= 11 is 0. The number of benzene rings is 2. The van der Waals surface area contributed by atoms with Gasteiger partial charge in [-0.3, -0.25) is 0 Å². The van der Waals surface area contributed by atoms with Crippen LogP contribution in [0.15, 0.2) is 71.9 Å². The summed E-state index contributed by atoms with van der Waals surface area (Å²) in [5.74, 6) is 1.18. The number of hydrogen-bond acceptors (Lipinski definition) is 6. The van der Waals surface area contributed by atoms with Crippen molar-refractivity contribution >= 4 is 21.6 Å². The summed E-state index contributed by atoms with van der Waals surface area (Å²) in [6, 6.07) is 18.2. The molecule has 1 atom stereocenters. The lowest BCUT2D eigenvalue weighted by Gasteiger charge is -2.20. The molecule has 29 heavy (non-hydrogen) atoms. The molecule has 3 N–H and O–H groups in total. The van der Waals surface area contributed by atoms with Crippen LogP contribution in [-0.4, -0.2) is 28.0 Å². The molecule has 0 saturated carbocycles. The van der Waals surface area contributed by atoms with Gasteiger partial charge in [0.1, 0.15) is 12.1 Å². The zero-order valence-electron chi connectivity index (χ0n) is 15.7. The molecule has 0 aliphatic heterocycles. The fraction of sp³-hybridized carbons (Fsp3) is 0.150. The molecule has 1 unspecified atom stereocenters. The Morgan fingerprint density at radius 2 is 1.90 bits per heavy atom. The summed E-state index contributed by atoms with van der Waals surface area (Å²) in [5.41, 5.74) is 2.54. The van der Waals surface area contributed by atoms with Gasteiger partial charge in [-0.1, -0.05) is 49.4 Å². The van der Waals surface area contributed by atoms with E-state index in [1.54, 1.807) is 16.6 Å². The maximum Gasteiger partial charge on any atom is 0.254 e. The quantitative estimate of drug-likeness (QED) is 0.507. The van der Waals surface area contributed by atoms with Crippen LogP contribution in [0.2, 0.25) is 0 Å². The van der Waals surface area contributed by atoms with Gasteiger partial charge in [-0.15, -0.1) is 0 Å². The molecule has 9 heteroatoms. The minimum Gasteiger partial charge on any atom is -0.363 e. The summed E-state index contributed by atoms with van der Waals surface area (Å²) < 4.78 is 25.1. The molecule has 2 aromatic heterocycles. The van der Waals surface area contributed by atoms with Crippen molar-refractivity contribution < 1.29 is 8.42 Å². The zero-order chi connectivity index (χ0) is 20.4. The Morgan fingerprint density at radius 1 is 1.10 bits per heavy atom. The standard InChI is InChI=1S/C20H20N6O2S/c1-2-17(15-9-6-10-16(11-15)29(21,27)28)24-19-12-18(14-7-4-3-5-8-14)25-20-22-13-23-26(19)20/h3-13,17,24H,2H2,1H3,(H2,21,27,28). The Bertz CT molecular complexity index is 1250. The summed E-state index contributed by atoms with van der Waals surface area (Å²) in [7, 11) is -3.77. The van der Waals surface area contributed by atoms with E-state index in [2.05, 4.69) is 20.4 Å². The Balaban J connectivity index is 1.75. The number of nitrogens with one attached hydrogen (secondary N) is 1. The second kappa shape index (κ2) is 7.61. The average molecular weight is 408 g/mol. The maximum absolute atomic E-state index is 11.7. The first-order valence-corrected chi connectivity index (χ1v) is 10.7. The summed E-state index contributed by atoms with van der Waals surface area (Å²) in [4.78, 5) is 8.88. The zero-order valence-corrected chi connectivity index (χ0v) is 16.5. The summed E-state index contributed by atoms with van der Waals surface area (Å²) in [6.45, 7) is 2.01. The van der Waals surface area contributed by atoms with Gasteiger partial charge in [-0.25, -0.2) is 18.5 Å². The van der Waals surface area contributed by atoms with Crippen LogP contribution in [-0.2, 0) is 10.0 Å². The van der Waals surface area contributed by atoms with Gasteiger partial charge in [0.15, 0.2) is 0 Å². The third-order valence-electron chi connectivity index (χ3n) is 4.64. The van der Waals surface area contributed by atoms with Crippen LogP contribution in [0.5, 0.6) is 0 Å². The first-order chi connectivity index (χ1) is 14.0. The molecule has 148 valence electrons. The normalized spacial score (nSPS) is 12.8. The SMILES string of the molecule is CCC(Nc1cc(-c2ccccc2)nc2ncnn12)c1cccc(S(N)(=O)=O)c1. The van der Waals surface area contributed by atoms with Gasteiger partial charge in [0.2, 0.25) is 10.0 Å². The highest BCUT2D eigenvalue weighted by molar-refractivity contribution is 7.89. The molecule has 0 saturated heterocycles. The average Bonchev–Trinajstić information content (AvgIpc) is 3.21. The van der Waals surface area contributed by atoms with E-state index >= 15 is 0 Å². The van der Waals surface area contributed by atoms with Crippen molar-refractivity contribution in [3.63, 3.8) is 0 Å². The number of primary sulfonamides is 1. The van der Waals surface area contributed by atoms with E-state index < -0.39 is 10.0 Å². The highest BCUT2D eigenvalue weighted by Gasteiger charge is 2.16. The Kier molecular flexibility index (Phi) is 4.99. The lowest BCUT2D eigenvalue weighted by molar-refractivity contribution is 0.597. The molecule has 0 aliphatic rings. The summed E-state index contributed by atoms with van der Waals surface area (Å²) in [6.07, 6.45) is 2.16. The predicted octanol–water partition coefficient (Wildman–Crippen LogP) is 3.00. The lowest BCUT2D eigenvalue weighted by Crippen LogP contribution is -2.16. The van der Waals surface area contributed by atoms with Crippen LogP contribution in [0.4, 0.5) is 5.82 Å². The van der Waals surface area contributed by atoms with Crippen molar-refractivity contribution in [3.05, 3.63) is 72.6 Å². The topological polar surface area (TPSA) is 115 Å². The van der Waals surface area contributed by atoms with E-state index in [4.69, 9.17) is 5.14 Å². The second-order valence-corrected chi connectivity index (χ2v) is 8.15. The Labute approximate surface area is 168 Å². The number of anilines is 1. The predicted molar refractivity (Wildman–Crippen MR) is 111 cm³/mol. The number of aromatic nitrogens is 4. The van der Waals surface area contributed by atoms with Crippen molar-refractivity contribution in [3.8, 4) is 11.3 Å². The minimum atomic E-state index is -3.77. The monoisotopic (exact) mass is 408 g/mol. The van der Waals surface area contributed by atoms with Crippen molar-refractivity contribution in [2.24, 2.45) is 5.14 Å². The molecule has 0 spiro atoms. The van der Waals surface area contributed by atoms with Crippen LogP contribution < -0.4 is 10.5 Å². The number of nitrogens with zero attached hydrogens (tertiary/aromatic N) is 4. The van der Waals surface area contributed by atoms with E-state index in [-0.39, 0.29) is 10.9 Å². The molecule has 4 aromatic rings. The van der Waals surface area contributed by atoms with Crippen molar-refractivity contribution in [1.29, 1.82) is 0 Å². The van der Waals surface area contributed by atoms with E-state index in [1.807, 2.05) is 49.4 Å². The Morgan fingerprint density at radius 3 is 2.62 bits per heavy atom. The number of fused-ring (bicyclic) bond motifs is 1. The molecule has 0 fully saturated rings. The van der Waals surface area contributed by atoms with Crippen LogP contribution in [0.3, 0.4) is 0 Å². The van der Waals surface area contributed by atoms with E-state index in [1.165, 1.54) is 12.4 Å². The first kappa shape index (κ1) is 19.0. The van der Waals surface area contributed by atoms with Crippen molar-refractivity contribution in [2.45, 2.75) is 24.3 Å². The Hall–Kier alpha value is -3.30. The molecule has 0 radical (unpaired) electrons. The van der Waals surface area contributed by atoms with Crippen molar-refractivity contribution in [2.75, 3.05) is 5.32 Å². The molecule has 8 nitrogen and oxygen atoms in total. The molecular formula is C20H20N6O2S. The smallest absolute Gasteiger partial charge is 0.254 e. The largest absolute Gasteiger partial charge is 0.363 e. The number of rotatable bonds is 6. The number of hydrogen-bond donors (Lipinski definition) is 2. The van der Waals surface area contributed by atoms with Crippen LogP contribution in [0, 0.1) is 0 Å². The van der Waals surface area contributed by atoms with Gasteiger partial charge in [0, 0.05) is 11.6 Å². The molecule has 0 bridgehead atoms. The molecule has 0 aliphatic carbocycles. The van der Waals surface area contributed by atoms with Gasteiger partial charge in [0.25, 0.3) is 5.78 Å². The highest BCUT2D eigenvalue weighted by atomic mass is 32.2. The number of sulfonamides is 1. The fourth-order valence-corrected chi connectivity index (χ4v) is 3.75. The van der Waals surface area contributed by atoms with Gasteiger partial charge < -0.3 is 5.32 Å². The molecule has 0 amide bonds. The van der Waals surface area contributed by atoms with E-state index in [0.717, 1.165) is 16.8 Å². The number of nitrogens with two attached hydrogens (primary N) is 1. The molecule has 2 aromatic carbocycles. The maximum atomic E-state index is 11.7. The van der Waals surface area contributed by atoms with Crippen LogP contribution in [0.1, 0.15) is 24.9 Å². The summed E-state index contributed by atoms with van der Waals surface area (Å²) in [5, 5.41) is 13.0. The van der Waals surface area contributed by atoms with Gasteiger partial charge in [-0.2, -0.15) is 14.6 Å². The lowest BCUT2D eigenvalue weighted by atomic mass is 10.0.